The summed E-state index contributed by atoms with van der Waals surface area (Å²) < 4.78 is 2.25. The number of hydrogen-bond acceptors (Lipinski definition) is 4. The topological polar surface area (TPSA) is 63.0 Å². The Hall–Kier alpha value is -2.40. The maximum absolute atomic E-state index is 10.5. The Morgan fingerprint density at radius 3 is 2.28 bits per heavy atom. The molecule has 3 aromatic rings. The predicted molar refractivity (Wildman–Crippen MR) is 121 cm³/mol. The van der Waals surface area contributed by atoms with Crippen molar-refractivity contribution in [2.24, 2.45) is 0 Å². The van der Waals surface area contributed by atoms with Crippen LogP contribution < -0.4 is 5.32 Å². The number of hydrogen-bond donors (Lipinski definition) is 2. The SMILES string of the molecule is CCCCCC(O)Nc1nc(C)nc2c1c(C)c(C)n2-c1c(C)cc(C)cc1C. The van der Waals surface area contributed by atoms with Crippen molar-refractivity contribution in [2.45, 2.75) is 80.4 Å². The first-order valence-electron chi connectivity index (χ1n) is 10.6. The zero-order chi connectivity index (χ0) is 21.3. The number of fused-ring (bicyclic) bond motifs is 1. The number of aromatic nitrogens is 3. The smallest absolute Gasteiger partial charge is 0.150 e. The molecule has 5 nitrogen and oxygen atoms in total. The summed E-state index contributed by atoms with van der Waals surface area (Å²) in [5.41, 5.74) is 8.09. The number of anilines is 1. The standard InChI is InChI=1S/C24H34N4O/c1-8-9-10-11-20(29)27-23-21-17(5)18(6)28(24(21)26-19(7)25-23)22-15(3)12-14(2)13-16(22)4/h12-13,20,29H,8-11H2,1-7H3,(H,25,26,27). The maximum atomic E-state index is 10.5. The van der Waals surface area contributed by atoms with E-state index >= 15 is 0 Å². The number of aryl methyl sites for hydroxylation is 5. The van der Waals surface area contributed by atoms with E-state index in [0.717, 1.165) is 47.4 Å². The minimum absolute atomic E-state index is 0.607. The van der Waals surface area contributed by atoms with Gasteiger partial charge in [0.25, 0.3) is 0 Å². The lowest BCUT2D eigenvalue weighted by molar-refractivity contribution is 0.188. The first-order valence-corrected chi connectivity index (χ1v) is 10.6. The van der Waals surface area contributed by atoms with E-state index in [4.69, 9.17) is 4.98 Å². The fourth-order valence-corrected chi connectivity index (χ4v) is 4.29. The molecule has 5 heteroatoms. The molecule has 0 radical (unpaired) electrons. The van der Waals surface area contributed by atoms with Crippen molar-refractivity contribution in [3.63, 3.8) is 0 Å². The zero-order valence-electron chi connectivity index (χ0n) is 18.8. The largest absolute Gasteiger partial charge is 0.374 e. The Balaban J connectivity index is 2.16. The van der Waals surface area contributed by atoms with Crippen LogP contribution in [0.4, 0.5) is 5.82 Å². The quantitative estimate of drug-likeness (QED) is 0.405. The molecule has 2 heterocycles. The second-order valence-electron chi connectivity index (χ2n) is 8.27. The third-order valence-electron chi connectivity index (χ3n) is 5.71. The van der Waals surface area contributed by atoms with Crippen LogP contribution in [0, 0.1) is 41.5 Å². The third kappa shape index (κ3) is 4.15. The molecule has 3 rings (SSSR count). The van der Waals surface area contributed by atoms with Crippen molar-refractivity contribution < 1.29 is 5.11 Å². The number of aliphatic hydroxyl groups is 1. The summed E-state index contributed by atoms with van der Waals surface area (Å²) in [6.07, 6.45) is 3.37. The van der Waals surface area contributed by atoms with E-state index in [2.05, 4.69) is 68.5 Å². The van der Waals surface area contributed by atoms with Gasteiger partial charge in [0.15, 0.2) is 5.65 Å². The third-order valence-corrected chi connectivity index (χ3v) is 5.71. The molecule has 0 aliphatic heterocycles. The van der Waals surface area contributed by atoms with Gasteiger partial charge in [-0.3, -0.25) is 4.57 Å². The predicted octanol–water partition coefficient (Wildman–Crippen LogP) is 5.58. The minimum atomic E-state index is -0.607. The Kier molecular flexibility index (Phi) is 6.27. The second-order valence-corrected chi connectivity index (χ2v) is 8.27. The molecule has 0 aliphatic carbocycles. The number of nitrogens with one attached hydrogen (secondary N) is 1. The summed E-state index contributed by atoms with van der Waals surface area (Å²) >= 11 is 0. The van der Waals surface area contributed by atoms with E-state index < -0.39 is 6.23 Å². The lowest BCUT2D eigenvalue weighted by Crippen LogP contribution is -2.20. The molecule has 1 aromatic carbocycles. The summed E-state index contributed by atoms with van der Waals surface area (Å²) in [6, 6.07) is 4.43. The van der Waals surface area contributed by atoms with Crippen molar-refractivity contribution in [1.82, 2.24) is 14.5 Å². The molecular formula is C24H34N4O. The molecule has 0 saturated carbocycles. The molecule has 2 N–H and O–H groups in total. The molecule has 1 unspecified atom stereocenters. The van der Waals surface area contributed by atoms with Gasteiger partial charge in [0.2, 0.25) is 0 Å². The number of rotatable bonds is 7. The fourth-order valence-electron chi connectivity index (χ4n) is 4.29. The van der Waals surface area contributed by atoms with Crippen molar-refractivity contribution in [3.8, 4) is 5.69 Å². The summed E-state index contributed by atoms with van der Waals surface area (Å²) in [5.74, 6) is 1.42. The molecular weight excluding hydrogens is 360 g/mol. The van der Waals surface area contributed by atoms with Crippen LogP contribution in [0.1, 0.15) is 66.4 Å². The summed E-state index contributed by atoms with van der Waals surface area (Å²) in [5, 5.41) is 14.7. The van der Waals surface area contributed by atoms with E-state index in [9.17, 15) is 5.11 Å². The van der Waals surface area contributed by atoms with Gasteiger partial charge in [-0.15, -0.1) is 0 Å². The van der Waals surface area contributed by atoms with Crippen LogP contribution in [0.5, 0.6) is 0 Å². The normalized spacial score (nSPS) is 12.6. The molecule has 0 saturated heterocycles. The Morgan fingerprint density at radius 2 is 1.66 bits per heavy atom. The van der Waals surface area contributed by atoms with Crippen molar-refractivity contribution in [2.75, 3.05) is 5.32 Å². The monoisotopic (exact) mass is 394 g/mol. The van der Waals surface area contributed by atoms with Gasteiger partial charge in [0.05, 0.1) is 11.1 Å². The highest BCUT2D eigenvalue weighted by atomic mass is 16.3. The highest BCUT2D eigenvalue weighted by Gasteiger charge is 2.21. The highest BCUT2D eigenvalue weighted by Crippen LogP contribution is 2.34. The van der Waals surface area contributed by atoms with Crippen molar-refractivity contribution in [1.29, 1.82) is 0 Å². The van der Waals surface area contributed by atoms with Crippen LogP contribution in [-0.2, 0) is 0 Å². The first kappa shape index (κ1) is 21.3. The Morgan fingerprint density at radius 1 is 1.00 bits per heavy atom. The van der Waals surface area contributed by atoms with Crippen molar-refractivity contribution >= 4 is 16.9 Å². The van der Waals surface area contributed by atoms with Crippen LogP contribution in [0.15, 0.2) is 12.1 Å². The van der Waals surface area contributed by atoms with Gasteiger partial charge in [0, 0.05) is 5.69 Å². The maximum Gasteiger partial charge on any atom is 0.150 e. The number of aliphatic hydroxyl groups excluding tert-OH is 1. The van der Waals surface area contributed by atoms with Crippen LogP contribution in [0.3, 0.4) is 0 Å². The van der Waals surface area contributed by atoms with Gasteiger partial charge in [-0.25, -0.2) is 9.97 Å². The zero-order valence-corrected chi connectivity index (χ0v) is 18.8. The van der Waals surface area contributed by atoms with Gasteiger partial charge in [-0.2, -0.15) is 0 Å². The van der Waals surface area contributed by atoms with Gasteiger partial charge < -0.3 is 10.4 Å². The molecule has 0 spiro atoms. The number of benzene rings is 1. The molecule has 0 amide bonds. The Bertz CT molecular complexity index is 1010. The second kappa shape index (κ2) is 8.54. The van der Waals surface area contributed by atoms with Gasteiger partial charge >= 0.3 is 0 Å². The average molecular weight is 395 g/mol. The number of nitrogens with zero attached hydrogens (tertiary/aromatic N) is 3. The highest BCUT2D eigenvalue weighted by molar-refractivity contribution is 5.93. The summed E-state index contributed by atoms with van der Waals surface area (Å²) in [4.78, 5) is 9.45. The van der Waals surface area contributed by atoms with Gasteiger partial charge in [0.1, 0.15) is 17.9 Å². The molecule has 29 heavy (non-hydrogen) atoms. The number of unbranched alkanes of at least 4 members (excludes halogenated alkanes) is 2. The van der Waals surface area contributed by atoms with Gasteiger partial charge in [-0.1, -0.05) is 37.5 Å². The Labute approximate surface area is 174 Å². The molecule has 0 bridgehead atoms. The van der Waals surface area contributed by atoms with E-state index in [1.54, 1.807) is 0 Å². The first-order chi connectivity index (χ1) is 13.7. The molecule has 156 valence electrons. The van der Waals surface area contributed by atoms with Crippen LogP contribution in [-0.4, -0.2) is 25.9 Å². The van der Waals surface area contributed by atoms with E-state index in [-0.39, 0.29) is 0 Å². The lowest BCUT2D eigenvalue weighted by atomic mass is 10.0. The molecule has 2 aromatic heterocycles. The van der Waals surface area contributed by atoms with Gasteiger partial charge in [-0.05, 0) is 71.1 Å². The van der Waals surface area contributed by atoms with Crippen LogP contribution >= 0.6 is 0 Å². The molecule has 1 atom stereocenters. The van der Waals surface area contributed by atoms with E-state index in [1.807, 2.05) is 6.92 Å². The fraction of sp³-hybridized carbons (Fsp3) is 0.500. The van der Waals surface area contributed by atoms with E-state index in [0.29, 0.717) is 12.2 Å². The van der Waals surface area contributed by atoms with E-state index in [1.165, 1.54) is 22.4 Å². The average Bonchev–Trinajstić information content (AvgIpc) is 2.86. The van der Waals surface area contributed by atoms with Crippen LogP contribution in [0.25, 0.3) is 16.7 Å². The van der Waals surface area contributed by atoms with Crippen LogP contribution in [0.2, 0.25) is 0 Å². The minimum Gasteiger partial charge on any atom is -0.374 e. The summed E-state index contributed by atoms with van der Waals surface area (Å²) in [7, 11) is 0. The summed E-state index contributed by atoms with van der Waals surface area (Å²) in [6.45, 7) is 14.8. The van der Waals surface area contributed by atoms with Crippen molar-refractivity contribution in [3.05, 3.63) is 45.9 Å². The molecule has 0 aliphatic rings. The molecule has 0 fully saturated rings. The lowest BCUT2D eigenvalue weighted by Gasteiger charge is -2.17.